The quantitative estimate of drug-likeness (QED) is 0.589. The first-order valence-electron chi connectivity index (χ1n) is 7.35. The van der Waals surface area contributed by atoms with Crippen LogP contribution in [-0.4, -0.2) is 15.6 Å². The summed E-state index contributed by atoms with van der Waals surface area (Å²) in [6.07, 6.45) is 0. The molecule has 0 amide bonds. The smallest absolute Gasteiger partial charge is 0.273 e. The van der Waals surface area contributed by atoms with Gasteiger partial charge in [-0.2, -0.15) is 0 Å². The topological polar surface area (TPSA) is 103 Å². The van der Waals surface area contributed by atoms with Crippen LogP contribution in [-0.2, 0) is 4.79 Å². The number of carbonyl (C=O) groups excluding carboxylic acids is 1. The molecular formula is C17H16N2O5. The molecule has 0 saturated heterocycles. The lowest BCUT2D eigenvalue weighted by Gasteiger charge is -2.17. The van der Waals surface area contributed by atoms with Crippen molar-refractivity contribution in [1.29, 1.82) is 0 Å². The Hall–Kier alpha value is -3.09. The maximum Gasteiger partial charge on any atom is 0.273 e. The summed E-state index contributed by atoms with van der Waals surface area (Å²) in [5, 5.41) is 22.3. The van der Waals surface area contributed by atoms with Gasteiger partial charge in [-0.3, -0.25) is 25.0 Å². The fourth-order valence-corrected chi connectivity index (χ4v) is 2.72. The molecule has 2 rings (SSSR count). The zero-order valence-corrected chi connectivity index (χ0v) is 13.2. The van der Waals surface area contributed by atoms with Gasteiger partial charge >= 0.3 is 0 Å². The Morgan fingerprint density at radius 1 is 0.792 bits per heavy atom. The standard InChI is InChI=1S/C17H16N2O5/c1-11(13-7-3-5-9-15(13)18(21)22)17(20)12(2)14-8-4-6-10-16(14)19(23)24/h3-12H,1-2H3. The maximum atomic E-state index is 12.7. The van der Waals surface area contributed by atoms with Crippen molar-refractivity contribution in [2.24, 2.45) is 0 Å². The van der Waals surface area contributed by atoms with Crippen LogP contribution in [0.25, 0.3) is 0 Å². The van der Waals surface area contributed by atoms with Crippen LogP contribution in [0.3, 0.4) is 0 Å². The van der Waals surface area contributed by atoms with Gasteiger partial charge in [-0.15, -0.1) is 0 Å². The van der Waals surface area contributed by atoms with Crippen molar-refractivity contribution < 1.29 is 14.6 Å². The molecule has 0 aliphatic carbocycles. The van der Waals surface area contributed by atoms with Crippen molar-refractivity contribution in [3.8, 4) is 0 Å². The molecule has 0 spiro atoms. The number of para-hydroxylation sites is 2. The number of benzene rings is 2. The minimum Gasteiger partial charge on any atom is -0.298 e. The summed E-state index contributed by atoms with van der Waals surface area (Å²) >= 11 is 0. The molecule has 0 aliphatic heterocycles. The second-order valence-electron chi connectivity index (χ2n) is 5.48. The Kier molecular flexibility index (Phi) is 5.03. The molecular weight excluding hydrogens is 312 g/mol. The molecule has 2 aromatic rings. The number of hydrogen-bond acceptors (Lipinski definition) is 5. The lowest BCUT2D eigenvalue weighted by Crippen LogP contribution is -2.18. The van der Waals surface area contributed by atoms with Crippen LogP contribution in [0.2, 0.25) is 0 Å². The van der Waals surface area contributed by atoms with E-state index in [1.54, 1.807) is 26.0 Å². The summed E-state index contributed by atoms with van der Waals surface area (Å²) in [5.41, 5.74) is 0.345. The SMILES string of the molecule is CC(C(=O)C(C)c1ccccc1[N+](=O)[O-])c1ccccc1[N+](=O)[O-]. The van der Waals surface area contributed by atoms with E-state index in [-0.39, 0.29) is 17.2 Å². The third kappa shape index (κ3) is 3.29. The van der Waals surface area contributed by atoms with Crippen molar-refractivity contribution in [3.63, 3.8) is 0 Å². The number of nitrogens with zero attached hydrogens (tertiary/aromatic N) is 2. The molecule has 0 saturated carbocycles. The van der Waals surface area contributed by atoms with Crippen LogP contribution in [0.15, 0.2) is 48.5 Å². The summed E-state index contributed by atoms with van der Waals surface area (Å²) in [5.74, 6) is -1.80. The van der Waals surface area contributed by atoms with Gasteiger partial charge in [-0.25, -0.2) is 0 Å². The fourth-order valence-electron chi connectivity index (χ4n) is 2.72. The largest absolute Gasteiger partial charge is 0.298 e. The maximum absolute atomic E-state index is 12.7. The molecule has 0 N–H and O–H groups in total. The lowest BCUT2D eigenvalue weighted by molar-refractivity contribution is -0.385. The lowest BCUT2D eigenvalue weighted by atomic mass is 9.84. The zero-order chi connectivity index (χ0) is 17.9. The molecule has 0 aliphatic rings. The van der Waals surface area contributed by atoms with E-state index in [0.717, 1.165) is 0 Å². The predicted octanol–water partition coefficient (Wildman–Crippen LogP) is 3.98. The molecule has 0 aromatic heterocycles. The van der Waals surface area contributed by atoms with Crippen molar-refractivity contribution in [2.75, 3.05) is 0 Å². The monoisotopic (exact) mass is 328 g/mol. The third-order valence-electron chi connectivity index (χ3n) is 4.05. The molecule has 24 heavy (non-hydrogen) atoms. The van der Waals surface area contributed by atoms with Crippen LogP contribution in [0.1, 0.15) is 36.8 Å². The Balaban J connectivity index is 2.39. The Morgan fingerprint density at radius 2 is 1.12 bits per heavy atom. The number of carbonyl (C=O) groups is 1. The van der Waals surface area contributed by atoms with E-state index >= 15 is 0 Å². The Bertz CT molecular complexity index is 738. The van der Waals surface area contributed by atoms with Crippen LogP contribution in [0.5, 0.6) is 0 Å². The third-order valence-corrected chi connectivity index (χ3v) is 4.05. The van der Waals surface area contributed by atoms with E-state index in [0.29, 0.717) is 11.1 Å². The molecule has 2 unspecified atom stereocenters. The van der Waals surface area contributed by atoms with Crippen LogP contribution >= 0.6 is 0 Å². The van der Waals surface area contributed by atoms with E-state index in [9.17, 15) is 25.0 Å². The van der Waals surface area contributed by atoms with E-state index in [1.807, 2.05) is 0 Å². The molecule has 0 fully saturated rings. The summed E-state index contributed by atoms with van der Waals surface area (Å²) in [6.45, 7) is 3.16. The minimum atomic E-state index is -0.749. The van der Waals surface area contributed by atoms with Crippen molar-refractivity contribution in [2.45, 2.75) is 25.7 Å². The van der Waals surface area contributed by atoms with Crippen LogP contribution in [0.4, 0.5) is 11.4 Å². The molecule has 7 heteroatoms. The number of ketones is 1. The second kappa shape index (κ2) is 6.99. The van der Waals surface area contributed by atoms with Crippen molar-refractivity contribution in [3.05, 3.63) is 79.9 Å². The number of hydrogen-bond donors (Lipinski definition) is 0. The van der Waals surface area contributed by atoms with Gasteiger partial charge in [0.15, 0.2) is 0 Å². The first-order valence-corrected chi connectivity index (χ1v) is 7.35. The molecule has 124 valence electrons. The van der Waals surface area contributed by atoms with Crippen molar-refractivity contribution in [1.82, 2.24) is 0 Å². The first kappa shape index (κ1) is 17.3. The molecule has 2 aromatic carbocycles. The highest BCUT2D eigenvalue weighted by Gasteiger charge is 2.30. The van der Waals surface area contributed by atoms with Gasteiger partial charge in [0, 0.05) is 35.1 Å². The number of nitro groups is 2. The number of nitro benzene ring substituents is 2. The second-order valence-corrected chi connectivity index (χ2v) is 5.48. The number of Topliss-reactive ketones (excluding diaryl/α,β-unsaturated/α-hetero) is 1. The van der Waals surface area contributed by atoms with Crippen molar-refractivity contribution >= 4 is 17.2 Å². The van der Waals surface area contributed by atoms with Gasteiger partial charge in [-0.1, -0.05) is 50.2 Å². The van der Waals surface area contributed by atoms with E-state index < -0.39 is 21.7 Å². The van der Waals surface area contributed by atoms with Crippen LogP contribution in [0, 0.1) is 20.2 Å². The zero-order valence-electron chi connectivity index (χ0n) is 13.2. The Labute approximate surface area is 138 Å². The van der Waals surface area contributed by atoms with Gasteiger partial charge in [0.2, 0.25) is 0 Å². The summed E-state index contributed by atoms with van der Waals surface area (Å²) in [7, 11) is 0. The van der Waals surface area contributed by atoms with Gasteiger partial charge < -0.3 is 0 Å². The molecule has 7 nitrogen and oxygen atoms in total. The predicted molar refractivity (Wildman–Crippen MR) is 88.0 cm³/mol. The van der Waals surface area contributed by atoms with Gasteiger partial charge in [0.05, 0.1) is 9.85 Å². The first-order chi connectivity index (χ1) is 11.3. The average molecular weight is 328 g/mol. The average Bonchev–Trinajstić information content (AvgIpc) is 2.59. The van der Waals surface area contributed by atoms with Crippen LogP contribution < -0.4 is 0 Å². The van der Waals surface area contributed by atoms with E-state index in [1.165, 1.54) is 36.4 Å². The highest BCUT2D eigenvalue weighted by molar-refractivity contribution is 5.92. The normalized spacial score (nSPS) is 13.1. The fraction of sp³-hybridized carbons (Fsp3) is 0.235. The van der Waals surface area contributed by atoms with Gasteiger partial charge in [-0.05, 0) is 0 Å². The summed E-state index contributed by atoms with van der Waals surface area (Å²) in [6, 6.07) is 12.1. The highest BCUT2D eigenvalue weighted by atomic mass is 16.6. The minimum absolute atomic E-state index is 0.131. The summed E-state index contributed by atoms with van der Waals surface area (Å²) < 4.78 is 0. The molecule has 2 atom stereocenters. The Morgan fingerprint density at radius 3 is 1.46 bits per heavy atom. The van der Waals surface area contributed by atoms with E-state index in [2.05, 4.69) is 0 Å². The number of rotatable bonds is 6. The highest BCUT2D eigenvalue weighted by Crippen LogP contribution is 2.34. The van der Waals surface area contributed by atoms with Gasteiger partial charge in [0.25, 0.3) is 11.4 Å². The summed E-state index contributed by atoms with van der Waals surface area (Å²) in [4.78, 5) is 34.0. The molecule has 0 radical (unpaired) electrons. The molecule has 0 heterocycles. The molecule has 0 bridgehead atoms. The van der Waals surface area contributed by atoms with E-state index in [4.69, 9.17) is 0 Å². The van der Waals surface area contributed by atoms with Gasteiger partial charge in [0.1, 0.15) is 5.78 Å².